The molecule has 0 saturated heterocycles. The van der Waals surface area contributed by atoms with E-state index in [0.29, 0.717) is 22.9 Å². The maximum Gasteiger partial charge on any atom is 0.0625 e. The van der Waals surface area contributed by atoms with E-state index in [1.807, 2.05) is 13.8 Å². The van der Waals surface area contributed by atoms with Crippen LogP contribution < -0.4 is 0 Å². The lowest BCUT2D eigenvalue weighted by Gasteiger charge is -2.59. The lowest BCUT2D eigenvalue weighted by atomic mass is 9.47. The number of allylic oxidation sites excluding steroid dienone is 1. The molecule has 0 heterocycles. The molecule has 0 aromatic heterocycles. The van der Waals surface area contributed by atoms with E-state index in [9.17, 15) is 5.11 Å². The van der Waals surface area contributed by atoms with Crippen molar-refractivity contribution in [3.05, 3.63) is 11.6 Å². The fraction of sp³-hybridized carbons (Fsp3) is 0.917. The Morgan fingerprint density at radius 1 is 1.12 bits per heavy atom. The summed E-state index contributed by atoms with van der Waals surface area (Å²) in [6, 6.07) is 0. The van der Waals surface area contributed by atoms with Crippen LogP contribution >= 0.6 is 0 Å². The van der Waals surface area contributed by atoms with Gasteiger partial charge in [-0.15, -0.1) is 0 Å². The van der Waals surface area contributed by atoms with Crippen molar-refractivity contribution in [3.8, 4) is 0 Å². The van der Waals surface area contributed by atoms with Crippen LogP contribution in [0.4, 0.5) is 0 Å². The normalized spacial score (nSPS) is 48.4. The lowest BCUT2D eigenvalue weighted by Crippen LogP contribution is -2.52. The van der Waals surface area contributed by atoms with E-state index in [-0.39, 0.29) is 0 Å². The van der Waals surface area contributed by atoms with Gasteiger partial charge in [-0.05, 0) is 107 Å². The van der Waals surface area contributed by atoms with E-state index < -0.39 is 5.60 Å². The van der Waals surface area contributed by atoms with Gasteiger partial charge in [-0.2, -0.15) is 0 Å². The van der Waals surface area contributed by atoms with E-state index in [2.05, 4.69) is 26.8 Å². The molecule has 148 valence electrons. The van der Waals surface area contributed by atoms with Crippen molar-refractivity contribution in [1.29, 1.82) is 0 Å². The molecule has 3 fully saturated rings. The Hall–Kier alpha value is -0.340. The van der Waals surface area contributed by atoms with Gasteiger partial charge in [0, 0.05) is 6.61 Å². The Balaban J connectivity index is 1.60. The van der Waals surface area contributed by atoms with Gasteiger partial charge >= 0.3 is 0 Å². The largest absolute Gasteiger partial charge is 0.390 e. The van der Waals surface area contributed by atoms with Crippen LogP contribution in [0, 0.1) is 34.5 Å². The molecule has 0 aliphatic heterocycles. The molecule has 0 bridgehead atoms. The highest BCUT2D eigenvalue weighted by atomic mass is 16.5. The zero-order valence-electron chi connectivity index (χ0n) is 17.7. The summed E-state index contributed by atoms with van der Waals surface area (Å²) in [7, 11) is 0. The Bertz CT molecular complexity index is 573. The van der Waals surface area contributed by atoms with Crippen LogP contribution in [0.5, 0.6) is 0 Å². The average molecular weight is 361 g/mol. The van der Waals surface area contributed by atoms with E-state index in [1.165, 1.54) is 51.4 Å². The minimum Gasteiger partial charge on any atom is -0.390 e. The number of aliphatic hydroxyl groups is 1. The first-order valence-corrected chi connectivity index (χ1v) is 11.2. The monoisotopic (exact) mass is 360 g/mol. The van der Waals surface area contributed by atoms with Crippen molar-refractivity contribution in [2.75, 3.05) is 6.61 Å². The molecule has 26 heavy (non-hydrogen) atoms. The first kappa shape index (κ1) is 19.0. The number of fused-ring (bicyclic) bond motifs is 5. The smallest absolute Gasteiger partial charge is 0.0625 e. The molecular formula is C24H40O2. The molecule has 0 amide bonds. The highest BCUT2D eigenvalue weighted by Crippen LogP contribution is 2.67. The fourth-order valence-electron chi connectivity index (χ4n) is 8.17. The molecule has 1 N–H and O–H groups in total. The van der Waals surface area contributed by atoms with E-state index >= 15 is 0 Å². The molecule has 3 saturated carbocycles. The molecule has 3 unspecified atom stereocenters. The molecule has 0 radical (unpaired) electrons. The van der Waals surface area contributed by atoms with Crippen molar-refractivity contribution in [3.63, 3.8) is 0 Å². The number of hydrogen-bond donors (Lipinski definition) is 1. The van der Waals surface area contributed by atoms with E-state index in [4.69, 9.17) is 4.74 Å². The van der Waals surface area contributed by atoms with Crippen LogP contribution in [0.25, 0.3) is 0 Å². The minimum atomic E-state index is -0.536. The highest BCUT2D eigenvalue weighted by molar-refractivity contribution is 5.25. The third-order valence-corrected chi connectivity index (χ3v) is 9.31. The van der Waals surface area contributed by atoms with Gasteiger partial charge in [0.05, 0.1) is 11.7 Å². The van der Waals surface area contributed by atoms with Gasteiger partial charge in [0.2, 0.25) is 0 Å². The average Bonchev–Trinajstić information content (AvgIpc) is 2.93. The zero-order valence-corrected chi connectivity index (χ0v) is 17.7. The van der Waals surface area contributed by atoms with Crippen LogP contribution in [0.3, 0.4) is 0 Å². The molecule has 4 aliphatic rings. The van der Waals surface area contributed by atoms with Crippen molar-refractivity contribution >= 4 is 0 Å². The third-order valence-electron chi connectivity index (χ3n) is 9.31. The quantitative estimate of drug-likeness (QED) is 0.650. The highest BCUT2D eigenvalue weighted by Gasteiger charge is 2.60. The Kier molecular flexibility index (Phi) is 4.63. The van der Waals surface area contributed by atoms with Gasteiger partial charge in [0.25, 0.3) is 0 Å². The number of ether oxygens (including phenoxy) is 1. The van der Waals surface area contributed by atoms with Crippen molar-refractivity contribution in [2.24, 2.45) is 34.5 Å². The van der Waals surface area contributed by atoms with E-state index in [1.54, 1.807) is 5.57 Å². The second-order valence-electron chi connectivity index (χ2n) is 10.9. The van der Waals surface area contributed by atoms with Gasteiger partial charge in [-0.3, -0.25) is 0 Å². The molecule has 0 spiro atoms. The Morgan fingerprint density at radius 3 is 2.58 bits per heavy atom. The molecular weight excluding hydrogens is 320 g/mol. The number of rotatable bonds is 3. The molecule has 2 nitrogen and oxygen atoms in total. The maximum atomic E-state index is 10.8. The topological polar surface area (TPSA) is 29.5 Å². The summed E-state index contributed by atoms with van der Waals surface area (Å²) in [6.45, 7) is 12.2. The zero-order chi connectivity index (χ0) is 18.7. The SMILES string of the molecule is CCOC1CC[C@@]2(C)C(=CC[C@@H]3C2CC[C@@]2(C)C3CC[C@@H]2C(C)(C)O)C1. The molecule has 7 atom stereocenters. The second-order valence-corrected chi connectivity index (χ2v) is 10.9. The van der Waals surface area contributed by atoms with Crippen LogP contribution in [0.15, 0.2) is 11.6 Å². The van der Waals surface area contributed by atoms with Gasteiger partial charge in [0.1, 0.15) is 0 Å². The van der Waals surface area contributed by atoms with E-state index in [0.717, 1.165) is 24.4 Å². The Labute approximate surface area is 160 Å². The van der Waals surface area contributed by atoms with Crippen LogP contribution in [0.1, 0.15) is 86.0 Å². The summed E-state index contributed by atoms with van der Waals surface area (Å²) in [6.07, 6.45) is 13.3. The summed E-state index contributed by atoms with van der Waals surface area (Å²) in [5.74, 6) is 2.95. The second kappa shape index (κ2) is 6.34. The van der Waals surface area contributed by atoms with Gasteiger partial charge in [0.15, 0.2) is 0 Å². The van der Waals surface area contributed by atoms with Crippen LogP contribution in [0.2, 0.25) is 0 Å². The van der Waals surface area contributed by atoms with Crippen molar-refractivity contribution in [2.45, 2.75) is 97.7 Å². The summed E-state index contributed by atoms with van der Waals surface area (Å²) in [5, 5.41) is 10.8. The lowest BCUT2D eigenvalue weighted by molar-refractivity contribution is -0.0965. The first-order chi connectivity index (χ1) is 12.2. The Morgan fingerprint density at radius 2 is 1.88 bits per heavy atom. The van der Waals surface area contributed by atoms with Gasteiger partial charge in [-0.25, -0.2) is 0 Å². The van der Waals surface area contributed by atoms with Crippen molar-refractivity contribution in [1.82, 2.24) is 0 Å². The van der Waals surface area contributed by atoms with Crippen LogP contribution in [-0.4, -0.2) is 23.4 Å². The third kappa shape index (κ3) is 2.73. The molecule has 0 aromatic rings. The predicted molar refractivity (Wildman–Crippen MR) is 107 cm³/mol. The molecule has 4 aliphatic carbocycles. The summed E-state index contributed by atoms with van der Waals surface area (Å²) >= 11 is 0. The molecule has 0 aromatic carbocycles. The first-order valence-electron chi connectivity index (χ1n) is 11.2. The minimum absolute atomic E-state index is 0.337. The maximum absolute atomic E-state index is 10.8. The fourth-order valence-corrected chi connectivity index (χ4v) is 8.17. The standard InChI is InChI=1S/C24H40O2/c1-6-26-17-11-13-23(4)16(15-17)7-8-18-19-9-10-21(22(2,3)25)24(19,5)14-12-20(18)23/h7,17-21,25H,6,8-15H2,1-5H3/t17?,18-,19?,20?,21+,23-,24-/m0/s1. The van der Waals surface area contributed by atoms with Crippen molar-refractivity contribution < 1.29 is 9.84 Å². The summed E-state index contributed by atoms with van der Waals surface area (Å²) in [4.78, 5) is 0. The summed E-state index contributed by atoms with van der Waals surface area (Å²) < 4.78 is 5.98. The van der Waals surface area contributed by atoms with Gasteiger partial charge < -0.3 is 9.84 Å². The molecule has 2 heteroatoms. The predicted octanol–water partition coefficient (Wildman–Crippen LogP) is 5.74. The molecule has 4 rings (SSSR count). The van der Waals surface area contributed by atoms with Gasteiger partial charge in [-0.1, -0.05) is 25.5 Å². The number of hydrogen-bond acceptors (Lipinski definition) is 2. The van der Waals surface area contributed by atoms with Crippen LogP contribution in [-0.2, 0) is 4.74 Å². The summed E-state index contributed by atoms with van der Waals surface area (Å²) in [5.41, 5.74) is 1.92.